The Morgan fingerprint density at radius 2 is 1.50 bits per heavy atom. The van der Waals surface area contributed by atoms with Crippen molar-refractivity contribution in [1.82, 2.24) is 0 Å². The summed E-state index contributed by atoms with van der Waals surface area (Å²) >= 11 is 0. The van der Waals surface area contributed by atoms with Gasteiger partial charge in [0.15, 0.2) is 0 Å². The van der Waals surface area contributed by atoms with Crippen molar-refractivity contribution in [2.24, 2.45) is 0 Å². The molecule has 0 fully saturated rings. The second-order valence-electron chi connectivity index (χ2n) is 1.34. The molecule has 0 radical (unpaired) electrons. The number of halogens is 1. The number of aromatic hydroxyl groups is 1. The molecule has 0 aliphatic rings. The lowest BCUT2D eigenvalue weighted by Gasteiger charge is -1.82. The summed E-state index contributed by atoms with van der Waals surface area (Å²) in [7, 11) is 0. The normalized spacial score (nSPS) is 7.50. The third-order valence-corrected chi connectivity index (χ3v) is 0.756. The molecular formula is C6H6BrO-. The molecule has 1 rings (SSSR count). The van der Waals surface area contributed by atoms with Gasteiger partial charge in [-0.1, -0.05) is 18.2 Å². The van der Waals surface area contributed by atoms with Crippen LogP contribution < -0.4 is 17.0 Å². The number of phenols is 1. The summed E-state index contributed by atoms with van der Waals surface area (Å²) in [6, 6.07) is 8.71. The van der Waals surface area contributed by atoms with Crippen molar-refractivity contribution >= 4 is 0 Å². The van der Waals surface area contributed by atoms with E-state index in [0.717, 1.165) is 0 Å². The zero-order valence-electron chi connectivity index (χ0n) is 4.21. The molecule has 0 bridgehead atoms. The molecule has 0 amide bonds. The highest BCUT2D eigenvalue weighted by Gasteiger charge is 1.74. The number of para-hydroxylation sites is 1. The highest BCUT2D eigenvalue weighted by molar-refractivity contribution is 5.18. The van der Waals surface area contributed by atoms with Crippen LogP contribution in [0, 0.1) is 0 Å². The van der Waals surface area contributed by atoms with Crippen LogP contribution in [-0.4, -0.2) is 5.11 Å². The van der Waals surface area contributed by atoms with Crippen LogP contribution in [0.1, 0.15) is 0 Å². The van der Waals surface area contributed by atoms with Crippen LogP contribution in [0.25, 0.3) is 0 Å². The Kier molecular flexibility index (Phi) is 3.28. The summed E-state index contributed by atoms with van der Waals surface area (Å²) in [4.78, 5) is 0. The predicted octanol–water partition coefficient (Wildman–Crippen LogP) is -1.60. The minimum Gasteiger partial charge on any atom is -1.00 e. The minimum absolute atomic E-state index is 0. The number of hydrogen-bond acceptors (Lipinski definition) is 1. The SMILES string of the molecule is Oc1ccccc1.[Br-]. The van der Waals surface area contributed by atoms with Crippen LogP contribution in [0.2, 0.25) is 0 Å². The average molecular weight is 174 g/mol. The molecule has 8 heavy (non-hydrogen) atoms. The Labute approximate surface area is 58.7 Å². The van der Waals surface area contributed by atoms with Gasteiger partial charge in [0.2, 0.25) is 0 Å². The maximum Gasteiger partial charge on any atom is 0.115 e. The van der Waals surface area contributed by atoms with Crippen LogP contribution in [0.3, 0.4) is 0 Å². The van der Waals surface area contributed by atoms with E-state index < -0.39 is 0 Å². The molecule has 0 saturated carbocycles. The van der Waals surface area contributed by atoms with Gasteiger partial charge >= 0.3 is 0 Å². The fraction of sp³-hybridized carbons (Fsp3) is 0. The molecule has 0 aromatic heterocycles. The van der Waals surface area contributed by atoms with Crippen LogP contribution in [0.5, 0.6) is 5.75 Å². The third kappa shape index (κ3) is 1.98. The van der Waals surface area contributed by atoms with Crippen molar-refractivity contribution in [1.29, 1.82) is 0 Å². The van der Waals surface area contributed by atoms with Crippen LogP contribution in [-0.2, 0) is 0 Å². The fourth-order valence-electron chi connectivity index (χ4n) is 0.428. The Hall–Kier alpha value is -0.500. The average Bonchev–Trinajstić information content (AvgIpc) is 1.69. The van der Waals surface area contributed by atoms with Crippen molar-refractivity contribution in [3.8, 4) is 5.75 Å². The summed E-state index contributed by atoms with van der Waals surface area (Å²) in [5.74, 6) is 0.322. The molecule has 1 nitrogen and oxygen atoms in total. The molecule has 0 aliphatic heterocycles. The largest absolute Gasteiger partial charge is 1.00 e. The molecule has 44 valence electrons. The summed E-state index contributed by atoms with van der Waals surface area (Å²) in [6.07, 6.45) is 0. The van der Waals surface area contributed by atoms with Crippen molar-refractivity contribution in [3.05, 3.63) is 30.3 Å². The first kappa shape index (κ1) is 7.50. The maximum atomic E-state index is 8.63. The number of rotatable bonds is 0. The molecule has 0 atom stereocenters. The van der Waals surface area contributed by atoms with Crippen molar-refractivity contribution < 1.29 is 22.1 Å². The van der Waals surface area contributed by atoms with Gasteiger partial charge in [-0.3, -0.25) is 0 Å². The van der Waals surface area contributed by atoms with Gasteiger partial charge in [0, 0.05) is 0 Å². The maximum absolute atomic E-state index is 8.63. The standard InChI is InChI=1S/C6H6O.BrH/c7-6-4-2-1-3-5-6;/h1-5,7H;1H/p-1. The summed E-state index contributed by atoms with van der Waals surface area (Å²) in [6.45, 7) is 0. The van der Waals surface area contributed by atoms with E-state index in [9.17, 15) is 0 Å². The first-order chi connectivity index (χ1) is 3.39. The Bertz CT molecular complexity index is 138. The zero-order valence-corrected chi connectivity index (χ0v) is 5.80. The molecule has 0 saturated heterocycles. The molecule has 2 heteroatoms. The van der Waals surface area contributed by atoms with Crippen LogP contribution >= 0.6 is 0 Å². The summed E-state index contributed by atoms with van der Waals surface area (Å²) < 4.78 is 0. The summed E-state index contributed by atoms with van der Waals surface area (Å²) in [5, 5.41) is 8.63. The van der Waals surface area contributed by atoms with E-state index in [1.165, 1.54) is 0 Å². The first-order valence-electron chi connectivity index (χ1n) is 2.13. The van der Waals surface area contributed by atoms with Gasteiger partial charge in [-0.05, 0) is 12.1 Å². The molecule has 1 N–H and O–H groups in total. The lowest BCUT2D eigenvalue weighted by atomic mass is 10.3. The monoisotopic (exact) mass is 173 g/mol. The van der Waals surface area contributed by atoms with Crippen LogP contribution in [0.15, 0.2) is 30.3 Å². The molecule has 0 spiro atoms. The van der Waals surface area contributed by atoms with Crippen molar-refractivity contribution in [2.45, 2.75) is 0 Å². The number of benzene rings is 1. The molecule has 0 unspecified atom stereocenters. The first-order valence-corrected chi connectivity index (χ1v) is 2.13. The van der Waals surface area contributed by atoms with E-state index in [-0.39, 0.29) is 17.0 Å². The zero-order chi connectivity index (χ0) is 5.11. The van der Waals surface area contributed by atoms with Crippen LogP contribution in [0.4, 0.5) is 0 Å². The number of phenolic OH excluding ortho intramolecular Hbond substituents is 1. The van der Waals surface area contributed by atoms with Gasteiger partial charge < -0.3 is 22.1 Å². The van der Waals surface area contributed by atoms with E-state index in [4.69, 9.17) is 5.11 Å². The van der Waals surface area contributed by atoms with E-state index in [1.54, 1.807) is 24.3 Å². The second-order valence-corrected chi connectivity index (χ2v) is 1.34. The lowest BCUT2D eigenvalue weighted by Crippen LogP contribution is -3.00. The smallest absolute Gasteiger partial charge is 0.115 e. The predicted molar refractivity (Wildman–Crippen MR) is 28.1 cm³/mol. The topological polar surface area (TPSA) is 20.2 Å². The third-order valence-electron chi connectivity index (χ3n) is 0.756. The van der Waals surface area contributed by atoms with E-state index in [0.29, 0.717) is 5.75 Å². The highest BCUT2D eigenvalue weighted by atomic mass is 79.9. The highest BCUT2D eigenvalue weighted by Crippen LogP contribution is 2.02. The number of hydrogen-bond donors (Lipinski definition) is 1. The molecule has 1 aromatic carbocycles. The lowest BCUT2D eigenvalue weighted by molar-refractivity contribution is -0.00000247. The van der Waals surface area contributed by atoms with Gasteiger partial charge in [-0.15, -0.1) is 0 Å². The molecule has 0 aliphatic carbocycles. The van der Waals surface area contributed by atoms with Crippen molar-refractivity contribution in [2.75, 3.05) is 0 Å². The van der Waals surface area contributed by atoms with Gasteiger partial charge in [0.1, 0.15) is 5.75 Å². The Morgan fingerprint density at radius 3 is 1.75 bits per heavy atom. The second kappa shape index (κ2) is 3.50. The molecule has 0 heterocycles. The quantitative estimate of drug-likeness (QED) is 0.502. The molecule has 1 aromatic rings. The molecular weight excluding hydrogens is 168 g/mol. The summed E-state index contributed by atoms with van der Waals surface area (Å²) in [5.41, 5.74) is 0. The Morgan fingerprint density at radius 1 is 1.00 bits per heavy atom. The van der Waals surface area contributed by atoms with Gasteiger partial charge in [0.25, 0.3) is 0 Å². The van der Waals surface area contributed by atoms with Gasteiger partial charge in [-0.25, -0.2) is 0 Å². The minimum atomic E-state index is 0. The van der Waals surface area contributed by atoms with E-state index >= 15 is 0 Å². The van der Waals surface area contributed by atoms with Gasteiger partial charge in [0.05, 0.1) is 0 Å². The van der Waals surface area contributed by atoms with Gasteiger partial charge in [-0.2, -0.15) is 0 Å². The fourth-order valence-corrected chi connectivity index (χ4v) is 0.428. The van der Waals surface area contributed by atoms with E-state index in [1.807, 2.05) is 6.07 Å². The Balaban J connectivity index is 0.000000490. The van der Waals surface area contributed by atoms with Crippen molar-refractivity contribution in [3.63, 3.8) is 0 Å². The van der Waals surface area contributed by atoms with E-state index in [2.05, 4.69) is 0 Å².